The number of nitrogens with one attached hydrogen (secondary N) is 1. The number of halogens is 1. The van der Waals surface area contributed by atoms with Crippen LogP contribution in [-0.2, 0) is 10.0 Å². The molecule has 0 radical (unpaired) electrons. The van der Waals surface area contributed by atoms with E-state index in [0.29, 0.717) is 27.7 Å². The van der Waals surface area contributed by atoms with Crippen LogP contribution in [-0.4, -0.2) is 14.3 Å². The van der Waals surface area contributed by atoms with Gasteiger partial charge in [-0.1, -0.05) is 41.9 Å². The Morgan fingerprint density at radius 2 is 1.71 bits per heavy atom. The van der Waals surface area contributed by atoms with Gasteiger partial charge in [0.2, 0.25) is 0 Å². The molecule has 0 spiro atoms. The van der Waals surface area contributed by atoms with Crippen LogP contribution in [0.25, 0.3) is 4.91 Å². The molecular weight excluding hydrogens is 344 g/mol. The van der Waals surface area contributed by atoms with Gasteiger partial charge in [0, 0.05) is 5.57 Å². The summed E-state index contributed by atoms with van der Waals surface area (Å²) in [6.07, 6.45) is 0. The van der Waals surface area contributed by atoms with Crippen molar-refractivity contribution in [3.8, 4) is 0 Å². The van der Waals surface area contributed by atoms with Gasteiger partial charge in [-0.2, -0.15) is 8.42 Å². The lowest BCUT2D eigenvalue weighted by Gasteiger charge is -2.09. The van der Waals surface area contributed by atoms with Gasteiger partial charge in [0.25, 0.3) is 10.0 Å². The van der Waals surface area contributed by atoms with Crippen LogP contribution in [0.1, 0.15) is 23.6 Å². The number of amidine groups is 1. The first-order valence-electron chi connectivity index (χ1n) is 7.45. The largest absolute Gasteiger partial charge is 0.338 e. The van der Waals surface area contributed by atoms with Gasteiger partial charge < -0.3 is 5.32 Å². The SMILES string of the molecule is CC1=C(c2ccc(C)c(C)c2)S(=O)(=O)N=C1Nc1ccccc1Cl. The second-order valence-electron chi connectivity index (χ2n) is 5.77. The van der Waals surface area contributed by atoms with E-state index in [0.717, 1.165) is 11.1 Å². The first-order valence-corrected chi connectivity index (χ1v) is 9.27. The highest BCUT2D eigenvalue weighted by atomic mass is 35.5. The van der Waals surface area contributed by atoms with E-state index in [4.69, 9.17) is 11.6 Å². The molecule has 0 unspecified atom stereocenters. The zero-order valence-electron chi connectivity index (χ0n) is 13.6. The molecule has 3 rings (SSSR count). The molecule has 6 heteroatoms. The molecule has 1 N–H and O–H groups in total. The van der Waals surface area contributed by atoms with E-state index >= 15 is 0 Å². The van der Waals surface area contributed by atoms with Crippen LogP contribution in [0.4, 0.5) is 5.69 Å². The molecule has 124 valence electrons. The molecule has 0 aliphatic carbocycles. The molecule has 0 fully saturated rings. The normalized spacial score (nSPS) is 16.2. The van der Waals surface area contributed by atoms with Crippen LogP contribution in [0.5, 0.6) is 0 Å². The highest BCUT2D eigenvalue weighted by Crippen LogP contribution is 2.34. The Balaban J connectivity index is 2.06. The number of anilines is 1. The van der Waals surface area contributed by atoms with E-state index < -0.39 is 10.0 Å². The van der Waals surface area contributed by atoms with E-state index in [1.165, 1.54) is 0 Å². The highest BCUT2D eigenvalue weighted by molar-refractivity contribution is 8.00. The number of rotatable bonds is 2. The lowest BCUT2D eigenvalue weighted by molar-refractivity contribution is 0.608. The van der Waals surface area contributed by atoms with E-state index in [-0.39, 0.29) is 4.91 Å². The maximum absolute atomic E-state index is 12.5. The summed E-state index contributed by atoms with van der Waals surface area (Å²) in [4.78, 5) is 0.236. The van der Waals surface area contributed by atoms with Crippen LogP contribution in [0.3, 0.4) is 0 Å². The van der Waals surface area contributed by atoms with Crippen LogP contribution < -0.4 is 5.32 Å². The summed E-state index contributed by atoms with van der Waals surface area (Å²) >= 11 is 6.13. The Kier molecular flexibility index (Phi) is 4.24. The van der Waals surface area contributed by atoms with Gasteiger partial charge in [0.15, 0.2) is 0 Å². The summed E-state index contributed by atoms with van der Waals surface area (Å²) in [6.45, 7) is 5.70. The monoisotopic (exact) mass is 360 g/mol. The second-order valence-corrected chi connectivity index (χ2v) is 7.72. The average Bonchev–Trinajstić information content (AvgIpc) is 2.74. The van der Waals surface area contributed by atoms with Gasteiger partial charge in [-0.3, -0.25) is 0 Å². The van der Waals surface area contributed by atoms with Crippen molar-refractivity contribution in [1.29, 1.82) is 0 Å². The Bertz CT molecular complexity index is 992. The zero-order chi connectivity index (χ0) is 17.5. The third-order valence-electron chi connectivity index (χ3n) is 4.06. The van der Waals surface area contributed by atoms with Crippen molar-refractivity contribution in [2.75, 3.05) is 5.32 Å². The molecular formula is C18H17ClN2O2S. The standard InChI is InChI=1S/C18H17ClN2O2S/c1-11-8-9-14(10-12(11)2)17-13(3)18(21-24(17,22)23)20-16-7-5-4-6-15(16)19/h4-10H,1-3H3,(H,20,21). The summed E-state index contributed by atoms with van der Waals surface area (Å²) in [5.41, 5.74) is 4.00. The van der Waals surface area contributed by atoms with Gasteiger partial charge >= 0.3 is 0 Å². The molecule has 1 heterocycles. The highest BCUT2D eigenvalue weighted by Gasteiger charge is 2.31. The quantitative estimate of drug-likeness (QED) is 0.855. The van der Waals surface area contributed by atoms with Crippen molar-refractivity contribution in [2.45, 2.75) is 20.8 Å². The van der Waals surface area contributed by atoms with Crippen molar-refractivity contribution in [2.24, 2.45) is 4.40 Å². The minimum Gasteiger partial charge on any atom is -0.338 e. The van der Waals surface area contributed by atoms with Crippen molar-refractivity contribution < 1.29 is 8.42 Å². The fourth-order valence-electron chi connectivity index (χ4n) is 2.59. The minimum absolute atomic E-state index is 0.236. The fourth-order valence-corrected chi connectivity index (χ4v) is 4.20. The summed E-state index contributed by atoms with van der Waals surface area (Å²) < 4.78 is 29.0. The molecule has 0 amide bonds. The Morgan fingerprint density at radius 1 is 1.00 bits per heavy atom. The Labute approximate surface area is 146 Å². The number of para-hydroxylation sites is 1. The molecule has 24 heavy (non-hydrogen) atoms. The predicted molar refractivity (Wildman–Crippen MR) is 99.9 cm³/mol. The van der Waals surface area contributed by atoms with E-state index in [9.17, 15) is 8.42 Å². The number of sulfonamides is 1. The lowest BCUT2D eigenvalue weighted by Crippen LogP contribution is -2.11. The second kappa shape index (κ2) is 6.07. The fraction of sp³-hybridized carbons (Fsp3) is 0.167. The molecule has 0 atom stereocenters. The van der Waals surface area contributed by atoms with Crippen LogP contribution in [0, 0.1) is 13.8 Å². The first kappa shape index (κ1) is 16.7. The van der Waals surface area contributed by atoms with Gasteiger partial charge in [0.1, 0.15) is 10.7 Å². The molecule has 1 aliphatic rings. The molecule has 0 bridgehead atoms. The molecule has 4 nitrogen and oxygen atoms in total. The summed E-state index contributed by atoms with van der Waals surface area (Å²) in [7, 11) is -3.74. The number of benzene rings is 2. The smallest absolute Gasteiger partial charge is 0.285 e. The molecule has 2 aromatic carbocycles. The third kappa shape index (κ3) is 2.97. The van der Waals surface area contributed by atoms with Gasteiger partial charge in [0.05, 0.1) is 10.7 Å². The topological polar surface area (TPSA) is 58.5 Å². The van der Waals surface area contributed by atoms with Crippen molar-refractivity contribution >= 4 is 38.1 Å². The molecule has 0 saturated heterocycles. The van der Waals surface area contributed by atoms with Crippen LogP contribution >= 0.6 is 11.6 Å². The van der Waals surface area contributed by atoms with E-state index in [2.05, 4.69) is 9.71 Å². The summed E-state index contributed by atoms with van der Waals surface area (Å²) in [5.74, 6) is 0.302. The third-order valence-corrected chi connectivity index (χ3v) is 5.87. The van der Waals surface area contributed by atoms with Gasteiger partial charge in [-0.25, -0.2) is 0 Å². The Hall–Kier alpha value is -2.11. The van der Waals surface area contributed by atoms with E-state index in [1.807, 2.05) is 44.2 Å². The zero-order valence-corrected chi connectivity index (χ0v) is 15.2. The molecule has 2 aromatic rings. The lowest BCUT2D eigenvalue weighted by atomic mass is 10.0. The number of hydrogen-bond acceptors (Lipinski definition) is 3. The first-order chi connectivity index (χ1) is 11.3. The number of hydrogen-bond donors (Lipinski definition) is 1. The van der Waals surface area contributed by atoms with Crippen molar-refractivity contribution in [1.82, 2.24) is 0 Å². The number of aryl methyl sites for hydroxylation is 2. The predicted octanol–water partition coefficient (Wildman–Crippen LogP) is 4.54. The summed E-state index contributed by atoms with van der Waals surface area (Å²) in [5, 5.41) is 3.53. The maximum Gasteiger partial charge on any atom is 0.285 e. The van der Waals surface area contributed by atoms with Crippen LogP contribution in [0.15, 0.2) is 52.4 Å². The van der Waals surface area contributed by atoms with Crippen molar-refractivity contribution in [3.05, 3.63) is 69.8 Å². The van der Waals surface area contributed by atoms with Crippen LogP contribution in [0.2, 0.25) is 5.02 Å². The maximum atomic E-state index is 12.5. The van der Waals surface area contributed by atoms with E-state index in [1.54, 1.807) is 19.1 Å². The number of nitrogens with zero attached hydrogens (tertiary/aromatic N) is 1. The molecule has 1 aliphatic heterocycles. The summed E-state index contributed by atoms with van der Waals surface area (Å²) in [6, 6.07) is 12.7. The minimum atomic E-state index is -3.74. The van der Waals surface area contributed by atoms with Gasteiger partial charge in [-0.05, 0) is 49.6 Å². The molecule has 0 aromatic heterocycles. The van der Waals surface area contributed by atoms with Gasteiger partial charge in [-0.15, -0.1) is 4.40 Å². The Morgan fingerprint density at radius 3 is 2.38 bits per heavy atom. The molecule has 0 saturated carbocycles. The average molecular weight is 361 g/mol. The van der Waals surface area contributed by atoms with Crippen molar-refractivity contribution in [3.63, 3.8) is 0 Å².